The lowest BCUT2D eigenvalue weighted by molar-refractivity contribution is -0.131. The van der Waals surface area contributed by atoms with Gasteiger partial charge in [0.2, 0.25) is 17.7 Å². The normalized spacial score (nSPS) is 31.6. The molecule has 25 heavy (non-hydrogen) atoms. The molecule has 1 aromatic rings. The molecule has 6 heteroatoms. The second kappa shape index (κ2) is 6.50. The molecule has 132 valence electrons. The Morgan fingerprint density at radius 1 is 1.20 bits per heavy atom. The van der Waals surface area contributed by atoms with Crippen LogP contribution in [0.15, 0.2) is 30.3 Å². The van der Waals surface area contributed by atoms with Crippen LogP contribution >= 0.6 is 0 Å². The number of amides is 3. The van der Waals surface area contributed by atoms with Gasteiger partial charge in [-0.3, -0.25) is 14.4 Å². The zero-order chi connectivity index (χ0) is 17.4. The fourth-order valence-corrected chi connectivity index (χ4v) is 4.04. The summed E-state index contributed by atoms with van der Waals surface area (Å²) in [5, 5.41) is 5.68. The molecular formula is C19H23N3O3. The Morgan fingerprint density at radius 3 is 2.76 bits per heavy atom. The minimum atomic E-state index is -0.455. The van der Waals surface area contributed by atoms with E-state index in [0.29, 0.717) is 31.7 Å². The van der Waals surface area contributed by atoms with Crippen LogP contribution in [0.4, 0.5) is 0 Å². The number of hydrogen-bond acceptors (Lipinski definition) is 3. The van der Waals surface area contributed by atoms with Crippen LogP contribution in [-0.4, -0.2) is 47.3 Å². The first-order valence-electron chi connectivity index (χ1n) is 9.06. The fourth-order valence-electron chi connectivity index (χ4n) is 4.04. The third-order valence-corrected chi connectivity index (χ3v) is 5.44. The first-order valence-corrected chi connectivity index (χ1v) is 9.06. The number of carbonyl (C=O) groups is 3. The van der Waals surface area contributed by atoms with E-state index in [1.807, 2.05) is 23.1 Å². The van der Waals surface area contributed by atoms with Crippen molar-refractivity contribution in [1.29, 1.82) is 0 Å². The topological polar surface area (TPSA) is 78.5 Å². The third kappa shape index (κ3) is 3.38. The molecule has 0 radical (unpaired) electrons. The summed E-state index contributed by atoms with van der Waals surface area (Å²) in [6.07, 6.45) is 3.24. The summed E-state index contributed by atoms with van der Waals surface area (Å²) in [6, 6.07) is 9.91. The molecule has 3 fully saturated rings. The van der Waals surface area contributed by atoms with E-state index in [0.717, 1.165) is 12.8 Å². The molecule has 1 aromatic carbocycles. The number of rotatable bonds is 4. The van der Waals surface area contributed by atoms with Gasteiger partial charge in [0.1, 0.15) is 6.04 Å². The second-order valence-corrected chi connectivity index (χ2v) is 7.29. The Kier molecular flexibility index (Phi) is 4.19. The average molecular weight is 341 g/mol. The minimum Gasteiger partial charge on any atom is -0.349 e. The predicted octanol–water partition coefficient (Wildman–Crippen LogP) is 0.928. The monoisotopic (exact) mass is 341 g/mol. The van der Waals surface area contributed by atoms with E-state index in [1.165, 1.54) is 5.56 Å². The number of piperidine rings is 1. The molecule has 0 aromatic heterocycles. The molecule has 2 aliphatic heterocycles. The third-order valence-electron chi connectivity index (χ3n) is 5.44. The fraction of sp³-hybridized carbons (Fsp3) is 0.526. The second-order valence-electron chi connectivity index (χ2n) is 7.29. The van der Waals surface area contributed by atoms with Crippen LogP contribution in [0.25, 0.3) is 0 Å². The largest absolute Gasteiger partial charge is 0.349 e. The first kappa shape index (κ1) is 16.1. The van der Waals surface area contributed by atoms with Gasteiger partial charge < -0.3 is 15.5 Å². The Bertz CT molecular complexity index is 690. The minimum absolute atomic E-state index is 0.0702. The van der Waals surface area contributed by atoms with E-state index < -0.39 is 6.04 Å². The maximum atomic E-state index is 12.4. The first-order chi connectivity index (χ1) is 12.1. The van der Waals surface area contributed by atoms with E-state index in [2.05, 4.69) is 22.8 Å². The molecule has 3 aliphatic rings. The van der Waals surface area contributed by atoms with Crippen LogP contribution in [0.5, 0.6) is 0 Å². The van der Waals surface area contributed by atoms with E-state index in [1.54, 1.807) is 0 Å². The van der Waals surface area contributed by atoms with E-state index >= 15 is 0 Å². The number of hydrogen-bond donors (Lipinski definition) is 2. The lowest BCUT2D eigenvalue weighted by Gasteiger charge is -2.24. The molecule has 2 saturated heterocycles. The lowest BCUT2D eigenvalue weighted by atomic mass is 10.0. The SMILES string of the molecule is O=C1CCC[C@H](C(=O)NC2CC(=O)N(C3CC3c3ccccc3)C2)N1. The van der Waals surface area contributed by atoms with Crippen LogP contribution in [-0.2, 0) is 14.4 Å². The highest BCUT2D eigenvalue weighted by molar-refractivity contribution is 5.89. The molecule has 3 unspecified atom stereocenters. The molecule has 1 aliphatic carbocycles. The van der Waals surface area contributed by atoms with Crippen molar-refractivity contribution in [3.05, 3.63) is 35.9 Å². The molecule has 3 amide bonds. The number of nitrogens with zero attached hydrogens (tertiary/aromatic N) is 1. The number of carbonyl (C=O) groups excluding carboxylic acids is 3. The highest BCUT2D eigenvalue weighted by Gasteiger charge is 2.48. The standard InChI is InChI=1S/C19H23N3O3/c23-17-8-4-7-15(21-17)19(25)20-13-9-18(24)22(11-13)16-10-14(16)12-5-2-1-3-6-12/h1-3,5-6,13-16H,4,7-11H2,(H,20,25)(H,21,23)/t13?,14?,15-,16?/m1/s1. The molecule has 2 heterocycles. The molecule has 1 saturated carbocycles. The van der Waals surface area contributed by atoms with Crippen LogP contribution < -0.4 is 10.6 Å². The van der Waals surface area contributed by atoms with Crippen LogP contribution in [0.1, 0.15) is 43.6 Å². The maximum absolute atomic E-state index is 12.4. The average Bonchev–Trinajstić information content (AvgIpc) is 3.33. The molecule has 2 N–H and O–H groups in total. The lowest BCUT2D eigenvalue weighted by Crippen LogP contribution is -2.51. The summed E-state index contributed by atoms with van der Waals surface area (Å²) < 4.78 is 0. The Morgan fingerprint density at radius 2 is 2.00 bits per heavy atom. The summed E-state index contributed by atoms with van der Waals surface area (Å²) >= 11 is 0. The quantitative estimate of drug-likeness (QED) is 0.855. The van der Waals surface area contributed by atoms with Crippen LogP contribution in [0.2, 0.25) is 0 Å². The van der Waals surface area contributed by atoms with Gasteiger partial charge in [0, 0.05) is 31.3 Å². The van der Waals surface area contributed by atoms with Crippen LogP contribution in [0.3, 0.4) is 0 Å². The molecule has 0 spiro atoms. The van der Waals surface area contributed by atoms with E-state index in [9.17, 15) is 14.4 Å². The van der Waals surface area contributed by atoms with Crippen molar-refractivity contribution in [2.45, 2.75) is 56.1 Å². The van der Waals surface area contributed by atoms with Gasteiger partial charge in [0.25, 0.3) is 0 Å². The smallest absolute Gasteiger partial charge is 0.242 e. The van der Waals surface area contributed by atoms with Gasteiger partial charge in [-0.25, -0.2) is 0 Å². The van der Waals surface area contributed by atoms with Crippen molar-refractivity contribution >= 4 is 17.7 Å². The molecule has 6 nitrogen and oxygen atoms in total. The van der Waals surface area contributed by atoms with Gasteiger partial charge in [-0.2, -0.15) is 0 Å². The molecule has 4 rings (SSSR count). The number of likely N-dealkylation sites (tertiary alicyclic amines) is 1. The van der Waals surface area contributed by atoms with E-state index in [-0.39, 0.29) is 29.8 Å². The van der Waals surface area contributed by atoms with Crippen molar-refractivity contribution in [3.8, 4) is 0 Å². The summed E-state index contributed by atoms with van der Waals surface area (Å²) in [5.41, 5.74) is 1.28. The predicted molar refractivity (Wildman–Crippen MR) is 91.6 cm³/mol. The molecule has 4 atom stereocenters. The van der Waals surface area contributed by atoms with Gasteiger partial charge in [-0.1, -0.05) is 30.3 Å². The van der Waals surface area contributed by atoms with Gasteiger partial charge in [0.15, 0.2) is 0 Å². The summed E-state index contributed by atoms with van der Waals surface area (Å²) in [4.78, 5) is 38.0. The summed E-state index contributed by atoms with van der Waals surface area (Å²) in [7, 11) is 0. The van der Waals surface area contributed by atoms with Crippen molar-refractivity contribution in [1.82, 2.24) is 15.5 Å². The Balaban J connectivity index is 1.32. The van der Waals surface area contributed by atoms with Gasteiger partial charge in [0.05, 0.1) is 6.04 Å². The van der Waals surface area contributed by atoms with Crippen LogP contribution in [0, 0.1) is 0 Å². The zero-order valence-electron chi connectivity index (χ0n) is 14.1. The molecule has 0 bridgehead atoms. The van der Waals surface area contributed by atoms with E-state index in [4.69, 9.17) is 0 Å². The van der Waals surface area contributed by atoms with Crippen molar-refractivity contribution in [3.63, 3.8) is 0 Å². The Labute approximate surface area is 147 Å². The van der Waals surface area contributed by atoms with Gasteiger partial charge in [-0.15, -0.1) is 0 Å². The summed E-state index contributed by atoms with van der Waals surface area (Å²) in [5.74, 6) is 0.293. The number of benzene rings is 1. The Hall–Kier alpha value is -2.37. The van der Waals surface area contributed by atoms with Gasteiger partial charge in [-0.05, 0) is 24.8 Å². The highest BCUT2D eigenvalue weighted by atomic mass is 16.2. The van der Waals surface area contributed by atoms with Crippen molar-refractivity contribution in [2.24, 2.45) is 0 Å². The zero-order valence-corrected chi connectivity index (χ0v) is 14.1. The van der Waals surface area contributed by atoms with Crippen molar-refractivity contribution in [2.75, 3.05) is 6.54 Å². The molecular weight excluding hydrogens is 318 g/mol. The van der Waals surface area contributed by atoms with Gasteiger partial charge >= 0.3 is 0 Å². The maximum Gasteiger partial charge on any atom is 0.242 e. The summed E-state index contributed by atoms with van der Waals surface area (Å²) in [6.45, 7) is 0.569. The van der Waals surface area contributed by atoms with Crippen molar-refractivity contribution < 1.29 is 14.4 Å². The highest BCUT2D eigenvalue weighted by Crippen LogP contribution is 2.45. The number of nitrogens with one attached hydrogen (secondary N) is 2.